The average molecular weight is 429 g/mol. The van der Waals surface area contributed by atoms with Gasteiger partial charge in [-0.1, -0.05) is 24.3 Å². The number of aliphatic hydroxyl groups excluding tert-OH is 1. The Hall–Kier alpha value is -3.84. The molecule has 10 heteroatoms. The zero-order chi connectivity index (χ0) is 22.6. The number of benzene rings is 2. The first-order valence-electron chi connectivity index (χ1n) is 9.11. The Kier molecular flexibility index (Phi) is 6.27. The van der Waals surface area contributed by atoms with Crippen LogP contribution in [0.5, 0.6) is 0 Å². The van der Waals surface area contributed by atoms with E-state index in [4.69, 9.17) is 0 Å². The maximum absolute atomic E-state index is 13.1. The van der Waals surface area contributed by atoms with Crippen LogP contribution in [0.2, 0.25) is 0 Å². The van der Waals surface area contributed by atoms with Gasteiger partial charge in [-0.2, -0.15) is 18.4 Å². The van der Waals surface area contributed by atoms with Crippen LogP contribution in [0.15, 0.2) is 54.3 Å². The molecule has 7 nitrogen and oxygen atoms in total. The molecule has 31 heavy (non-hydrogen) atoms. The maximum atomic E-state index is 13.1. The van der Waals surface area contributed by atoms with Crippen LogP contribution in [0.25, 0.3) is 16.6 Å². The third-order valence-electron chi connectivity index (χ3n) is 4.37. The number of hydrogen-bond acceptors (Lipinski definition) is 5. The van der Waals surface area contributed by atoms with E-state index < -0.39 is 17.6 Å². The number of imidazole rings is 1. The van der Waals surface area contributed by atoms with Crippen LogP contribution >= 0.6 is 0 Å². The number of nitriles is 1. The first-order chi connectivity index (χ1) is 14.7. The summed E-state index contributed by atoms with van der Waals surface area (Å²) in [7, 11) is 1.49. The first-order valence-corrected chi connectivity index (χ1v) is 9.11. The molecular formula is C21H18F3N5O2. The smallest absolute Gasteiger partial charge is 0.418 e. The summed E-state index contributed by atoms with van der Waals surface area (Å²) in [5.74, 6) is -0.847. The Balaban J connectivity index is 1.70. The molecule has 0 bridgehead atoms. The van der Waals surface area contributed by atoms with Crippen molar-refractivity contribution < 1.29 is 23.1 Å². The topological polar surface area (TPSA) is 105 Å². The van der Waals surface area contributed by atoms with Crippen molar-refractivity contribution in [2.24, 2.45) is 0 Å². The number of rotatable bonds is 6. The Morgan fingerprint density at radius 1 is 1.19 bits per heavy atom. The number of carbonyl (C=O) groups is 1. The Labute approximate surface area is 175 Å². The maximum Gasteiger partial charge on any atom is 0.418 e. The fourth-order valence-corrected chi connectivity index (χ4v) is 2.99. The van der Waals surface area contributed by atoms with Gasteiger partial charge in [-0.15, -0.1) is 0 Å². The number of likely N-dealkylation sites (N-methyl/N-ethyl adjacent to an activating group) is 1. The summed E-state index contributed by atoms with van der Waals surface area (Å²) < 4.78 is 39.2. The van der Waals surface area contributed by atoms with Crippen molar-refractivity contribution in [2.45, 2.75) is 6.18 Å². The van der Waals surface area contributed by atoms with Gasteiger partial charge in [-0.3, -0.25) is 9.69 Å². The van der Waals surface area contributed by atoms with E-state index in [0.717, 1.165) is 12.1 Å². The highest BCUT2D eigenvalue weighted by Gasteiger charge is 2.33. The molecule has 0 spiro atoms. The third kappa shape index (κ3) is 5.21. The molecule has 0 aliphatic carbocycles. The predicted molar refractivity (Wildman–Crippen MR) is 109 cm³/mol. The Morgan fingerprint density at radius 2 is 1.87 bits per heavy atom. The summed E-state index contributed by atoms with van der Waals surface area (Å²) in [6, 6.07) is 13.6. The molecule has 160 valence electrons. The number of halogens is 3. The lowest BCUT2D eigenvalue weighted by Crippen LogP contribution is -2.32. The van der Waals surface area contributed by atoms with Crippen LogP contribution in [0.3, 0.4) is 0 Å². The number of fused-ring (bicyclic) bond motifs is 1. The second kappa shape index (κ2) is 8.89. The summed E-state index contributed by atoms with van der Waals surface area (Å²) in [5.41, 5.74) is -0.0901. The molecule has 1 aromatic heterocycles. The van der Waals surface area contributed by atoms with Gasteiger partial charge in [0.05, 0.1) is 35.4 Å². The van der Waals surface area contributed by atoms with Crippen LogP contribution < -0.4 is 5.32 Å². The number of aromatic nitrogens is 2. The number of alkyl halides is 3. The van der Waals surface area contributed by atoms with E-state index in [-0.39, 0.29) is 35.9 Å². The monoisotopic (exact) mass is 429 g/mol. The van der Waals surface area contributed by atoms with Gasteiger partial charge in [0, 0.05) is 0 Å². The van der Waals surface area contributed by atoms with Crippen molar-refractivity contribution >= 4 is 28.2 Å². The van der Waals surface area contributed by atoms with Crippen molar-refractivity contribution in [3.8, 4) is 6.07 Å². The lowest BCUT2D eigenvalue weighted by molar-refractivity contribution is -0.137. The van der Waals surface area contributed by atoms with Gasteiger partial charge in [0.1, 0.15) is 17.4 Å². The van der Waals surface area contributed by atoms with E-state index >= 15 is 0 Å². The highest BCUT2D eigenvalue weighted by molar-refractivity contribution is 5.93. The van der Waals surface area contributed by atoms with E-state index in [9.17, 15) is 28.3 Å². The fourth-order valence-electron chi connectivity index (χ4n) is 2.99. The highest BCUT2D eigenvalue weighted by atomic mass is 19.4. The van der Waals surface area contributed by atoms with E-state index in [1.807, 2.05) is 6.07 Å². The Morgan fingerprint density at radius 3 is 2.55 bits per heavy atom. The fraction of sp³-hybridized carbons (Fsp3) is 0.190. The van der Waals surface area contributed by atoms with Gasteiger partial charge in [-0.25, -0.2) is 4.98 Å². The molecule has 3 rings (SSSR count). The van der Waals surface area contributed by atoms with Gasteiger partial charge < -0.3 is 15.4 Å². The Bertz CT molecular complexity index is 1140. The SMILES string of the molecule is CN(CC(=O)Nc1ccccc1C(F)(F)F)CC(O)=C(C#N)c1nc2ccccc2[nH]1. The summed E-state index contributed by atoms with van der Waals surface area (Å²) in [6.45, 7) is -0.497. The van der Waals surface area contributed by atoms with Crippen LogP contribution in [0.4, 0.5) is 18.9 Å². The highest BCUT2D eigenvalue weighted by Crippen LogP contribution is 2.34. The molecular weight excluding hydrogens is 411 g/mol. The lowest BCUT2D eigenvalue weighted by atomic mass is 10.1. The number of amides is 1. The second-order valence-corrected chi connectivity index (χ2v) is 6.80. The van der Waals surface area contributed by atoms with Crippen LogP contribution in [0.1, 0.15) is 11.4 Å². The summed E-state index contributed by atoms with van der Waals surface area (Å²) in [5, 5.41) is 22.1. The number of aliphatic hydroxyl groups is 1. The lowest BCUT2D eigenvalue weighted by Gasteiger charge is -2.18. The molecule has 2 aromatic carbocycles. The summed E-state index contributed by atoms with van der Waals surface area (Å²) in [6.07, 6.45) is -4.61. The van der Waals surface area contributed by atoms with Gasteiger partial charge >= 0.3 is 6.18 Å². The van der Waals surface area contributed by atoms with Gasteiger partial charge in [0.15, 0.2) is 5.82 Å². The third-order valence-corrected chi connectivity index (χ3v) is 4.37. The zero-order valence-corrected chi connectivity index (χ0v) is 16.4. The number of para-hydroxylation sites is 3. The molecule has 1 heterocycles. The molecule has 0 saturated heterocycles. The summed E-state index contributed by atoms with van der Waals surface area (Å²) >= 11 is 0. The van der Waals surface area contributed by atoms with E-state index in [0.29, 0.717) is 11.0 Å². The molecule has 1 amide bonds. The largest absolute Gasteiger partial charge is 0.509 e. The number of nitrogens with zero attached hydrogens (tertiary/aromatic N) is 3. The number of allylic oxidation sites excluding steroid dienone is 1. The number of aromatic amines is 1. The number of anilines is 1. The molecule has 0 aliphatic heterocycles. The van der Waals surface area contributed by atoms with Crippen LogP contribution in [-0.4, -0.2) is 46.0 Å². The molecule has 0 unspecified atom stereocenters. The molecule has 0 aliphatic rings. The normalized spacial score (nSPS) is 12.5. The first kappa shape index (κ1) is 21.9. The summed E-state index contributed by atoms with van der Waals surface area (Å²) in [4.78, 5) is 20.8. The molecule has 3 N–H and O–H groups in total. The van der Waals surface area contributed by atoms with Gasteiger partial charge in [0.2, 0.25) is 5.91 Å². The predicted octanol–water partition coefficient (Wildman–Crippen LogP) is 3.94. The van der Waals surface area contributed by atoms with Crippen LogP contribution in [0, 0.1) is 11.3 Å². The second-order valence-electron chi connectivity index (χ2n) is 6.80. The molecule has 3 aromatic rings. The van der Waals surface area contributed by atoms with Crippen molar-refractivity contribution in [1.82, 2.24) is 14.9 Å². The molecule has 0 saturated carbocycles. The van der Waals surface area contributed by atoms with Crippen molar-refractivity contribution in [2.75, 3.05) is 25.5 Å². The van der Waals surface area contributed by atoms with Gasteiger partial charge in [-0.05, 0) is 31.3 Å². The van der Waals surface area contributed by atoms with E-state index in [1.165, 1.54) is 24.1 Å². The van der Waals surface area contributed by atoms with Crippen LogP contribution in [-0.2, 0) is 11.0 Å². The quantitative estimate of drug-likeness (QED) is 0.407. The van der Waals surface area contributed by atoms with E-state index in [2.05, 4.69) is 15.3 Å². The number of hydrogen-bond donors (Lipinski definition) is 3. The minimum Gasteiger partial charge on any atom is -0.509 e. The van der Waals surface area contributed by atoms with Crippen molar-refractivity contribution in [3.05, 3.63) is 65.7 Å². The number of H-pyrrole nitrogens is 1. The van der Waals surface area contributed by atoms with E-state index in [1.54, 1.807) is 24.3 Å². The minimum absolute atomic E-state index is 0.0918. The van der Waals surface area contributed by atoms with Crippen molar-refractivity contribution in [3.63, 3.8) is 0 Å². The number of carbonyl (C=O) groups excluding carboxylic acids is 1. The molecule has 0 radical (unpaired) electrons. The number of nitrogens with one attached hydrogen (secondary N) is 2. The molecule has 0 atom stereocenters. The molecule has 0 fully saturated rings. The average Bonchev–Trinajstić information content (AvgIpc) is 3.11. The zero-order valence-electron chi connectivity index (χ0n) is 16.4. The standard InChI is InChI=1S/C21H18F3N5O2/c1-29(12-19(31)26-15-7-3-2-6-14(15)21(22,23)24)11-18(30)13(10-25)20-27-16-8-4-5-9-17(16)28-20/h2-9,30H,11-12H2,1H3,(H,26,31)(H,27,28). The minimum atomic E-state index is -4.61. The van der Waals surface area contributed by atoms with Gasteiger partial charge in [0.25, 0.3) is 0 Å². The van der Waals surface area contributed by atoms with Crippen molar-refractivity contribution in [1.29, 1.82) is 5.26 Å².